The first-order chi connectivity index (χ1) is 9.47. The number of hydrogen-bond donors (Lipinski definition) is 1. The minimum Gasteiger partial charge on any atom is -0.410 e. The van der Waals surface area contributed by atoms with Crippen LogP contribution in [0.25, 0.3) is 0 Å². The van der Waals surface area contributed by atoms with E-state index in [9.17, 15) is 4.79 Å². The zero-order chi connectivity index (χ0) is 14.7. The summed E-state index contributed by atoms with van der Waals surface area (Å²) < 4.78 is 5.11. The maximum atomic E-state index is 11.8. The lowest BCUT2D eigenvalue weighted by atomic mass is 10.2. The Morgan fingerprint density at radius 2 is 1.80 bits per heavy atom. The van der Waals surface area contributed by atoms with Gasteiger partial charge in [-0.3, -0.25) is 5.32 Å². The predicted molar refractivity (Wildman–Crippen MR) is 82.3 cm³/mol. The van der Waals surface area contributed by atoms with Crippen molar-refractivity contribution >= 4 is 46.6 Å². The van der Waals surface area contributed by atoms with Gasteiger partial charge in [-0.25, -0.2) is 4.79 Å². The molecule has 0 saturated heterocycles. The fraction of sp³-hybridized carbons (Fsp3) is 0.0714. The third-order valence-electron chi connectivity index (χ3n) is 2.61. The number of amides is 1. The van der Waals surface area contributed by atoms with Crippen molar-refractivity contribution in [3.05, 3.63) is 57.0 Å². The van der Waals surface area contributed by atoms with E-state index < -0.39 is 6.09 Å². The Balaban J connectivity index is 2.09. The van der Waals surface area contributed by atoms with E-state index in [1.165, 1.54) is 6.07 Å². The van der Waals surface area contributed by atoms with E-state index in [-0.39, 0.29) is 0 Å². The fourth-order valence-electron chi connectivity index (χ4n) is 1.53. The van der Waals surface area contributed by atoms with Crippen LogP contribution in [0.3, 0.4) is 0 Å². The lowest BCUT2D eigenvalue weighted by molar-refractivity contribution is 0.215. The summed E-state index contributed by atoms with van der Waals surface area (Å²) >= 11 is 17.6. The maximum Gasteiger partial charge on any atom is 0.417 e. The van der Waals surface area contributed by atoms with E-state index in [0.717, 1.165) is 5.56 Å². The predicted octanol–water partition coefficient (Wildman–Crippen LogP) is 5.57. The molecule has 1 amide bonds. The van der Waals surface area contributed by atoms with Crippen molar-refractivity contribution in [2.45, 2.75) is 6.92 Å². The van der Waals surface area contributed by atoms with Gasteiger partial charge in [-0.1, -0.05) is 40.9 Å². The maximum absolute atomic E-state index is 11.8. The third kappa shape index (κ3) is 3.57. The van der Waals surface area contributed by atoms with E-state index in [0.29, 0.717) is 26.5 Å². The molecule has 1 N–H and O–H groups in total. The van der Waals surface area contributed by atoms with Crippen LogP contribution in [0.4, 0.5) is 10.5 Å². The highest BCUT2D eigenvalue weighted by atomic mass is 35.5. The molecule has 0 radical (unpaired) electrons. The Morgan fingerprint density at radius 3 is 2.50 bits per heavy atom. The molecule has 0 aliphatic heterocycles. The molecule has 0 heterocycles. The molecule has 0 unspecified atom stereocenters. The summed E-state index contributed by atoms with van der Waals surface area (Å²) in [4.78, 5) is 11.8. The SMILES string of the molecule is Cc1c(Cl)cccc1NC(=O)Oc1ccc(Cl)c(Cl)c1. The number of anilines is 1. The number of ether oxygens (including phenoxy) is 1. The lowest BCUT2D eigenvalue weighted by Gasteiger charge is -2.10. The number of benzene rings is 2. The smallest absolute Gasteiger partial charge is 0.410 e. The first-order valence-corrected chi connectivity index (χ1v) is 6.80. The second-order valence-electron chi connectivity index (χ2n) is 4.00. The van der Waals surface area contributed by atoms with Crippen molar-refractivity contribution < 1.29 is 9.53 Å². The Labute approximate surface area is 131 Å². The highest BCUT2D eigenvalue weighted by molar-refractivity contribution is 6.42. The van der Waals surface area contributed by atoms with Crippen LogP contribution in [-0.2, 0) is 0 Å². The molecule has 2 rings (SSSR count). The molecular weight excluding hydrogens is 321 g/mol. The van der Waals surface area contributed by atoms with Crippen LogP contribution in [0.15, 0.2) is 36.4 Å². The van der Waals surface area contributed by atoms with Gasteiger partial charge in [0, 0.05) is 16.8 Å². The molecule has 0 atom stereocenters. The van der Waals surface area contributed by atoms with Crippen LogP contribution in [0.1, 0.15) is 5.56 Å². The molecule has 6 heteroatoms. The first-order valence-electron chi connectivity index (χ1n) is 5.66. The van der Waals surface area contributed by atoms with Crippen molar-refractivity contribution in [2.75, 3.05) is 5.32 Å². The average molecular weight is 331 g/mol. The fourth-order valence-corrected chi connectivity index (χ4v) is 1.99. The Bertz CT molecular complexity index is 659. The molecule has 20 heavy (non-hydrogen) atoms. The average Bonchev–Trinajstić information content (AvgIpc) is 2.39. The van der Waals surface area contributed by atoms with E-state index >= 15 is 0 Å². The Kier molecular flexibility index (Phi) is 4.76. The van der Waals surface area contributed by atoms with Crippen LogP contribution in [0.5, 0.6) is 5.75 Å². The molecule has 0 aliphatic carbocycles. The number of nitrogens with one attached hydrogen (secondary N) is 1. The second-order valence-corrected chi connectivity index (χ2v) is 5.22. The van der Waals surface area contributed by atoms with Gasteiger partial charge in [-0.2, -0.15) is 0 Å². The molecule has 0 bridgehead atoms. The molecular formula is C14H10Cl3NO2. The van der Waals surface area contributed by atoms with Crippen LogP contribution in [-0.4, -0.2) is 6.09 Å². The van der Waals surface area contributed by atoms with Crippen LogP contribution in [0.2, 0.25) is 15.1 Å². The van der Waals surface area contributed by atoms with E-state index in [4.69, 9.17) is 39.5 Å². The number of hydrogen-bond acceptors (Lipinski definition) is 2. The number of rotatable bonds is 2. The molecule has 2 aromatic rings. The topological polar surface area (TPSA) is 38.3 Å². The van der Waals surface area contributed by atoms with Crippen molar-refractivity contribution in [1.29, 1.82) is 0 Å². The van der Waals surface area contributed by atoms with Crippen molar-refractivity contribution in [1.82, 2.24) is 0 Å². The standard InChI is InChI=1S/C14H10Cl3NO2/c1-8-10(15)3-2-4-13(8)18-14(19)20-9-5-6-11(16)12(17)7-9/h2-7H,1H3,(H,18,19). The largest absolute Gasteiger partial charge is 0.417 e. The van der Waals surface area contributed by atoms with Crippen molar-refractivity contribution in [3.63, 3.8) is 0 Å². The molecule has 0 saturated carbocycles. The highest BCUT2D eigenvalue weighted by Gasteiger charge is 2.09. The molecule has 0 aromatic heterocycles. The minimum atomic E-state index is -0.631. The summed E-state index contributed by atoms with van der Waals surface area (Å²) in [5.74, 6) is 0.302. The third-order valence-corrected chi connectivity index (χ3v) is 3.75. The van der Waals surface area contributed by atoms with Gasteiger partial charge >= 0.3 is 6.09 Å². The van der Waals surface area contributed by atoms with Gasteiger partial charge in [-0.05, 0) is 36.8 Å². The molecule has 0 spiro atoms. The zero-order valence-electron chi connectivity index (χ0n) is 10.4. The summed E-state index contributed by atoms with van der Waals surface area (Å²) in [5.41, 5.74) is 1.35. The molecule has 0 fully saturated rings. The van der Waals surface area contributed by atoms with Crippen molar-refractivity contribution in [2.24, 2.45) is 0 Å². The van der Waals surface area contributed by atoms with Crippen molar-refractivity contribution in [3.8, 4) is 5.75 Å². The number of carbonyl (C=O) groups excluding carboxylic acids is 1. The summed E-state index contributed by atoms with van der Waals surface area (Å²) in [5, 5.41) is 3.89. The molecule has 3 nitrogen and oxygen atoms in total. The zero-order valence-corrected chi connectivity index (χ0v) is 12.7. The van der Waals surface area contributed by atoms with E-state index in [1.807, 2.05) is 0 Å². The van der Waals surface area contributed by atoms with E-state index in [2.05, 4.69) is 5.32 Å². The van der Waals surface area contributed by atoms with Gasteiger partial charge in [0.05, 0.1) is 10.0 Å². The highest BCUT2D eigenvalue weighted by Crippen LogP contribution is 2.27. The van der Waals surface area contributed by atoms with Crippen LogP contribution < -0.4 is 10.1 Å². The lowest BCUT2D eigenvalue weighted by Crippen LogP contribution is -2.17. The summed E-state index contributed by atoms with van der Waals surface area (Å²) in [6.07, 6.45) is -0.631. The Hall–Kier alpha value is -1.42. The van der Waals surface area contributed by atoms with Crippen LogP contribution in [0, 0.1) is 6.92 Å². The van der Waals surface area contributed by atoms with Gasteiger partial charge < -0.3 is 4.74 Å². The Morgan fingerprint density at radius 1 is 1.05 bits per heavy atom. The van der Waals surface area contributed by atoms with Gasteiger partial charge in [-0.15, -0.1) is 0 Å². The summed E-state index contributed by atoms with van der Waals surface area (Å²) in [6.45, 7) is 1.80. The van der Waals surface area contributed by atoms with Gasteiger partial charge in [0.15, 0.2) is 0 Å². The minimum absolute atomic E-state index is 0.302. The van der Waals surface area contributed by atoms with Crippen LogP contribution >= 0.6 is 34.8 Å². The van der Waals surface area contributed by atoms with Gasteiger partial charge in [0.2, 0.25) is 0 Å². The van der Waals surface area contributed by atoms with Gasteiger partial charge in [0.25, 0.3) is 0 Å². The summed E-state index contributed by atoms with van der Waals surface area (Å²) in [7, 11) is 0. The van der Waals surface area contributed by atoms with Gasteiger partial charge in [0.1, 0.15) is 5.75 Å². The molecule has 2 aromatic carbocycles. The quantitative estimate of drug-likeness (QED) is 0.782. The summed E-state index contributed by atoms with van der Waals surface area (Å²) in [6, 6.07) is 9.79. The number of carbonyl (C=O) groups is 1. The monoisotopic (exact) mass is 329 g/mol. The first kappa shape index (κ1) is 15.0. The second kappa shape index (κ2) is 6.35. The number of halogens is 3. The van der Waals surface area contributed by atoms with E-state index in [1.54, 1.807) is 37.3 Å². The molecule has 104 valence electrons. The normalized spacial score (nSPS) is 10.2. The molecule has 0 aliphatic rings.